The van der Waals surface area contributed by atoms with Gasteiger partial charge in [0.1, 0.15) is 0 Å². The van der Waals surface area contributed by atoms with Crippen LogP contribution >= 0.6 is 0 Å². The summed E-state index contributed by atoms with van der Waals surface area (Å²) in [6, 6.07) is 0.832. The predicted octanol–water partition coefficient (Wildman–Crippen LogP) is 2.56. The van der Waals surface area contributed by atoms with Crippen LogP contribution in [0.5, 0.6) is 0 Å². The quantitative estimate of drug-likeness (QED) is 0.660. The van der Waals surface area contributed by atoms with Crippen molar-refractivity contribution in [3.05, 3.63) is 0 Å². The Labute approximate surface area is 70.6 Å². The summed E-state index contributed by atoms with van der Waals surface area (Å²) in [6.45, 7) is 5.89. The molecule has 1 N–H and O–H groups in total. The summed E-state index contributed by atoms with van der Waals surface area (Å²) < 4.78 is 0. The van der Waals surface area contributed by atoms with E-state index in [1.165, 1.54) is 38.6 Å². The third kappa shape index (κ3) is 3.24. The van der Waals surface area contributed by atoms with Crippen LogP contribution in [0.4, 0.5) is 0 Å². The first-order chi connectivity index (χ1) is 5.33. The van der Waals surface area contributed by atoms with Crippen LogP contribution < -0.4 is 5.32 Å². The molecule has 0 amide bonds. The average molecular weight is 155 g/mol. The second kappa shape index (κ2) is 4.76. The molecule has 1 heterocycles. The Bertz CT molecular complexity index is 95.0. The van der Waals surface area contributed by atoms with Gasteiger partial charge in [-0.25, -0.2) is 0 Å². The van der Waals surface area contributed by atoms with Crippen molar-refractivity contribution in [1.82, 2.24) is 5.32 Å². The van der Waals surface area contributed by atoms with Gasteiger partial charge in [0, 0.05) is 6.04 Å². The summed E-state index contributed by atoms with van der Waals surface area (Å²) in [5.74, 6) is 0.908. The molecule has 1 nitrogen and oxygen atoms in total. The van der Waals surface area contributed by atoms with Gasteiger partial charge in [-0.3, -0.25) is 0 Å². The molecule has 0 radical (unpaired) electrons. The molecule has 0 aliphatic carbocycles. The number of nitrogens with one attached hydrogen (secondary N) is 1. The molecule has 1 fully saturated rings. The van der Waals surface area contributed by atoms with Crippen molar-refractivity contribution >= 4 is 0 Å². The van der Waals surface area contributed by atoms with Crippen molar-refractivity contribution in [3.63, 3.8) is 0 Å². The maximum absolute atomic E-state index is 3.58. The lowest BCUT2D eigenvalue weighted by atomic mass is 9.94. The molecule has 1 aliphatic heterocycles. The van der Waals surface area contributed by atoms with E-state index >= 15 is 0 Å². The van der Waals surface area contributed by atoms with Crippen LogP contribution in [0.15, 0.2) is 0 Å². The topological polar surface area (TPSA) is 12.0 Å². The highest BCUT2D eigenvalue weighted by Gasteiger charge is 2.14. The van der Waals surface area contributed by atoms with Gasteiger partial charge in [0.05, 0.1) is 0 Å². The smallest absolute Gasteiger partial charge is 0.00696 e. The van der Waals surface area contributed by atoms with Crippen LogP contribution in [0.3, 0.4) is 0 Å². The van der Waals surface area contributed by atoms with Crippen molar-refractivity contribution < 1.29 is 0 Å². The second-order valence-electron chi connectivity index (χ2n) is 3.90. The summed E-state index contributed by atoms with van der Waals surface area (Å²) in [6.07, 6.45) is 6.95. The fourth-order valence-corrected chi connectivity index (χ4v) is 1.78. The second-order valence-corrected chi connectivity index (χ2v) is 3.90. The van der Waals surface area contributed by atoms with Crippen molar-refractivity contribution in [1.29, 1.82) is 0 Å². The highest BCUT2D eigenvalue weighted by Crippen LogP contribution is 2.16. The Balaban J connectivity index is 2.13. The van der Waals surface area contributed by atoms with Gasteiger partial charge in [-0.05, 0) is 31.7 Å². The van der Waals surface area contributed by atoms with Crippen LogP contribution in [-0.2, 0) is 0 Å². The van der Waals surface area contributed by atoms with Crippen molar-refractivity contribution in [2.45, 2.75) is 52.0 Å². The van der Waals surface area contributed by atoms with E-state index in [1.807, 2.05) is 0 Å². The van der Waals surface area contributed by atoms with E-state index in [0.29, 0.717) is 0 Å². The van der Waals surface area contributed by atoms with E-state index < -0.39 is 0 Å². The third-order valence-electron chi connectivity index (χ3n) is 2.80. The molecule has 1 saturated heterocycles. The fraction of sp³-hybridized carbons (Fsp3) is 1.00. The minimum atomic E-state index is 0.832. The lowest BCUT2D eigenvalue weighted by Gasteiger charge is -2.25. The largest absolute Gasteiger partial charge is 0.314 e. The van der Waals surface area contributed by atoms with Gasteiger partial charge in [-0.2, -0.15) is 0 Å². The SMILES string of the molecule is CCC(C)CC1CCCCN1. The van der Waals surface area contributed by atoms with Crippen LogP contribution in [0, 0.1) is 5.92 Å². The summed E-state index contributed by atoms with van der Waals surface area (Å²) in [5, 5.41) is 3.58. The van der Waals surface area contributed by atoms with Gasteiger partial charge >= 0.3 is 0 Å². The lowest BCUT2D eigenvalue weighted by Crippen LogP contribution is -2.35. The van der Waals surface area contributed by atoms with Crippen LogP contribution in [0.2, 0.25) is 0 Å². The molecule has 11 heavy (non-hydrogen) atoms. The molecule has 0 bridgehead atoms. The number of hydrogen-bond acceptors (Lipinski definition) is 1. The molecule has 0 aromatic carbocycles. The molecule has 1 aliphatic rings. The van der Waals surface area contributed by atoms with Crippen molar-refractivity contribution in [2.75, 3.05) is 6.54 Å². The minimum absolute atomic E-state index is 0.832. The number of rotatable bonds is 3. The van der Waals surface area contributed by atoms with Gasteiger partial charge in [-0.1, -0.05) is 26.7 Å². The fourth-order valence-electron chi connectivity index (χ4n) is 1.78. The third-order valence-corrected chi connectivity index (χ3v) is 2.80. The first kappa shape index (κ1) is 9.05. The molecule has 66 valence electrons. The van der Waals surface area contributed by atoms with E-state index in [1.54, 1.807) is 0 Å². The molecule has 0 aromatic heterocycles. The normalized spacial score (nSPS) is 28.4. The maximum atomic E-state index is 3.58. The highest BCUT2D eigenvalue weighted by molar-refractivity contribution is 4.73. The summed E-state index contributed by atoms with van der Waals surface area (Å²) in [7, 11) is 0. The molecular weight excluding hydrogens is 134 g/mol. The standard InChI is InChI=1S/C10H21N/c1-3-9(2)8-10-6-4-5-7-11-10/h9-11H,3-8H2,1-2H3. The van der Waals surface area contributed by atoms with E-state index in [0.717, 1.165) is 12.0 Å². The Morgan fingerprint density at radius 3 is 2.82 bits per heavy atom. The molecular formula is C10H21N. The van der Waals surface area contributed by atoms with Gasteiger partial charge in [-0.15, -0.1) is 0 Å². The summed E-state index contributed by atoms with van der Waals surface area (Å²) in [4.78, 5) is 0. The van der Waals surface area contributed by atoms with Gasteiger partial charge in [0.25, 0.3) is 0 Å². The van der Waals surface area contributed by atoms with E-state index in [4.69, 9.17) is 0 Å². The number of hydrogen-bond donors (Lipinski definition) is 1. The summed E-state index contributed by atoms with van der Waals surface area (Å²) >= 11 is 0. The van der Waals surface area contributed by atoms with E-state index in [2.05, 4.69) is 19.2 Å². The molecule has 1 rings (SSSR count). The zero-order chi connectivity index (χ0) is 8.10. The summed E-state index contributed by atoms with van der Waals surface area (Å²) in [5.41, 5.74) is 0. The van der Waals surface area contributed by atoms with Crippen LogP contribution in [0.1, 0.15) is 46.0 Å². The Morgan fingerprint density at radius 1 is 1.45 bits per heavy atom. The molecule has 0 aromatic rings. The van der Waals surface area contributed by atoms with Gasteiger partial charge in [0.2, 0.25) is 0 Å². The first-order valence-electron chi connectivity index (χ1n) is 5.06. The van der Waals surface area contributed by atoms with Crippen molar-refractivity contribution in [3.8, 4) is 0 Å². The molecule has 0 saturated carbocycles. The van der Waals surface area contributed by atoms with Crippen molar-refractivity contribution in [2.24, 2.45) is 5.92 Å². The minimum Gasteiger partial charge on any atom is -0.314 e. The monoisotopic (exact) mass is 155 g/mol. The molecule has 2 unspecified atom stereocenters. The molecule has 1 heteroatoms. The molecule has 2 atom stereocenters. The maximum Gasteiger partial charge on any atom is 0.00696 e. The number of piperidine rings is 1. The lowest BCUT2D eigenvalue weighted by molar-refractivity contribution is 0.333. The highest BCUT2D eigenvalue weighted by atomic mass is 14.9. The predicted molar refractivity (Wildman–Crippen MR) is 49.7 cm³/mol. The van der Waals surface area contributed by atoms with Gasteiger partial charge in [0.15, 0.2) is 0 Å². The average Bonchev–Trinajstić information content (AvgIpc) is 2.06. The van der Waals surface area contributed by atoms with E-state index in [-0.39, 0.29) is 0 Å². The Kier molecular flexibility index (Phi) is 3.92. The molecule has 0 spiro atoms. The first-order valence-corrected chi connectivity index (χ1v) is 5.06. The van der Waals surface area contributed by atoms with Crippen LogP contribution in [-0.4, -0.2) is 12.6 Å². The van der Waals surface area contributed by atoms with Crippen LogP contribution in [0.25, 0.3) is 0 Å². The zero-order valence-electron chi connectivity index (χ0n) is 7.90. The van der Waals surface area contributed by atoms with Gasteiger partial charge < -0.3 is 5.32 Å². The van der Waals surface area contributed by atoms with E-state index in [9.17, 15) is 0 Å². The Morgan fingerprint density at radius 2 is 2.27 bits per heavy atom. The Hall–Kier alpha value is -0.0400. The zero-order valence-corrected chi connectivity index (χ0v) is 7.90.